The Morgan fingerprint density at radius 1 is 1.10 bits per heavy atom. The van der Waals surface area contributed by atoms with Gasteiger partial charge in [0, 0.05) is 12.0 Å². The Morgan fingerprint density at radius 2 is 1.71 bits per heavy atom. The number of nitrogens with zero attached hydrogens (tertiary/aromatic N) is 1. The Bertz CT molecular complexity index is 427. The lowest BCUT2D eigenvalue weighted by Gasteiger charge is -2.38. The van der Waals surface area contributed by atoms with Gasteiger partial charge in [0.05, 0.1) is 19.9 Å². The van der Waals surface area contributed by atoms with E-state index in [-0.39, 0.29) is 0 Å². The van der Waals surface area contributed by atoms with Gasteiger partial charge in [-0.15, -0.1) is 0 Å². The maximum absolute atomic E-state index is 6.61. The molecule has 1 aromatic rings. The lowest BCUT2D eigenvalue weighted by molar-refractivity contribution is 0.107. The van der Waals surface area contributed by atoms with Crippen LogP contribution in [-0.4, -0.2) is 37.9 Å². The summed E-state index contributed by atoms with van der Waals surface area (Å²) in [5.74, 6) is 1.54. The van der Waals surface area contributed by atoms with Crippen LogP contribution in [0.4, 0.5) is 0 Å². The topological polar surface area (TPSA) is 47.7 Å². The molecule has 2 N–H and O–H groups in total. The van der Waals surface area contributed by atoms with Gasteiger partial charge in [-0.2, -0.15) is 0 Å². The number of hydrogen-bond acceptors (Lipinski definition) is 4. The first kappa shape index (κ1) is 17.8. The highest BCUT2D eigenvalue weighted by Gasteiger charge is 2.28. The minimum absolute atomic E-state index is 0.397. The van der Waals surface area contributed by atoms with Gasteiger partial charge < -0.3 is 15.2 Å². The molecule has 4 nitrogen and oxygen atoms in total. The average molecular weight is 294 g/mol. The molecule has 1 aromatic carbocycles. The molecule has 0 fully saturated rings. The molecule has 0 spiro atoms. The van der Waals surface area contributed by atoms with Gasteiger partial charge in [-0.05, 0) is 38.9 Å². The molecule has 0 heterocycles. The SMILES string of the molecule is CCCN(CCC)C(C)(N)Cc1cccc(OC)c1OC. The molecule has 0 aromatic heterocycles. The van der Waals surface area contributed by atoms with E-state index in [9.17, 15) is 0 Å². The first-order valence-corrected chi connectivity index (χ1v) is 7.73. The molecule has 1 atom stereocenters. The monoisotopic (exact) mass is 294 g/mol. The second-order valence-electron chi connectivity index (χ2n) is 5.67. The summed E-state index contributed by atoms with van der Waals surface area (Å²) in [6.07, 6.45) is 2.93. The summed E-state index contributed by atoms with van der Waals surface area (Å²) in [6, 6.07) is 5.95. The average Bonchev–Trinajstić information content (AvgIpc) is 2.46. The number of benzene rings is 1. The number of methoxy groups -OCH3 is 2. The number of para-hydroxylation sites is 1. The lowest BCUT2D eigenvalue weighted by Crippen LogP contribution is -2.55. The van der Waals surface area contributed by atoms with Crippen molar-refractivity contribution in [1.29, 1.82) is 0 Å². The molecule has 1 rings (SSSR count). The van der Waals surface area contributed by atoms with Gasteiger partial charge in [-0.1, -0.05) is 26.0 Å². The minimum atomic E-state index is -0.397. The van der Waals surface area contributed by atoms with Crippen molar-refractivity contribution >= 4 is 0 Å². The van der Waals surface area contributed by atoms with Gasteiger partial charge in [-0.3, -0.25) is 4.90 Å². The molecule has 4 heteroatoms. The van der Waals surface area contributed by atoms with E-state index in [4.69, 9.17) is 15.2 Å². The molecule has 21 heavy (non-hydrogen) atoms. The van der Waals surface area contributed by atoms with E-state index in [1.165, 1.54) is 0 Å². The van der Waals surface area contributed by atoms with Crippen LogP contribution in [0.2, 0.25) is 0 Å². The first-order valence-electron chi connectivity index (χ1n) is 7.73. The summed E-state index contributed by atoms with van der Waals surface area (Å²) in [7, 11) is 3.33. The van der Waals surface area contributed by atoms with Crippen LogP contribution in [0.3, 0.4) is 0 Å². The highest BCUT2D eigenvalue weighted by Crippen LogP contribution is 2.33. The van der Waals surface area contributed by atoms with E-state index < -0.39 is 5.66 Å². The van der Waals surface area contributed by atoms with Crippen molar-refractivity contribution in [3.63, 3.8) is 0 Å². The minimum Gasteiger partial charge on any atom is -0.493 e. The molecule has 1 unspecified atom stereocenters. The molecule has 0 amide bonds. The lowest BCUT2D eigenvalue weighted by atomic mass is 9.98. The maximum Gasteiger partial charge on any atom is 0.164 e. The number of hydrogen-bond donors (Lipinski definition) is 1. The zero-order valence-corrected chi connectivity index (χ0v) is 14.1. The zero-order valence-electron chi connectivity index (χ0n) is 14.1. The summed E-state index contributed by atoms with van der Waals surface area (Å²) in [4.78, 5) is 2.35. The Labute approximate surface area is 129 Å². The van der Waals surface area contributed by atoms with E-state index >= 15 is 0 Å². The Morgan fingerprint density at radius 3 is 2.19 bits per heavy atom. The van der Waals surface area contributed by atoms with Gasteiger partial charge in [-0.25, -0.2) is 0 Å². The van der Waals surface area contributed by atoms with Crippen molar-refractivity contribution < 1.29 is 9.47 Å². The molecule has 0 radical (unpaired) electrons. The van der Waals surface area contributed by atoms with Gasteiger partial charge >= 0.3 is 0 Å². The first-order chi connectivity index (χ1) is 10.00. The van der Waals surface area contributed by atoms with E-state index in [1.807, 2.05) is 12.1 Å². The van der Waals surface area contributed by atoms with E-state index in [2.05, 4.69) is 31.7 Å². The van der Waals surface area contributed by atoms with Crippen LogP contribution in [0.5, 0.6) is 11.5 Å². The molecular weight excluding hydrogens is 264 g/mol. The molecule has 0 aliphatic carbocycles. The standard InChI is InChI=1S/C17H30N2O2/c1-6-11-19(12-7-2)17(3,18)13-14-9-8-10-15(20-4)16(14)21-5/h8-10H,6-7,11-13,18H2,1-5H3. The fourth-order valence-electron chi connectivity index (χ4n) is 2.75. The van der Waals surface area contributed by atoms with Crippen molar-refractivity contribution in [3.05, 3.63) is 23.8 Å². The molecule has 0 saturated carbocycles. The normalized spacial score (nSPS) is 14.0. The Hall–Kier alpha value is -1.26. The smallest absolute Gasteiger partial charge is 0.164 e. The van der Waals surface area contributed by atoms with Crippen molar-refractivity contribution in [1.82, 2.24) is 4.90 Å². The molecule has 0 aliphatic heterocycles. The Balaban J connectivity index is 3.01. The molecular formula is C17H30N2O2. The van der Waals surface area contributed by atoms with Crippen molar-refractivity contribution in [2.24, 2.45) is 5.73 Å². The summed E-state index contributed by atoms with van der Waals surface area (Å²) >= 11 is 0. The highest BCUT2D eigenvalue weighted by atomic mass is 16.5. The van der Waals surface area contributed by atoms with Crippen molar-refractivity contribution in [3.8, 4) is 11.5 Å². The van der Waals surface area contributed by atoms with Gasteiger partial charge in [0.1, 0.15) is 0 Å². The quantitative estimate of drug-likeness (QED) is 0.711. The van der Waals surface area contributed by atoms with Gasteiger partial charge in [0.15, 0.2) is 11.5 Å². The number of nitrogens with two attached hydrogens (primary N) is 1. The van der Waals surface area contributed by atoms with Crippen molar-refractivity contribution in [2.75, 3.05) is 27.3 Å². The van der Waals surface area contributed by atoms with Crippen LogP contribution in [0.15, 0.2) is 18.2 Å². The van der Waals surface area contributed by atoms with Crippen molar-refractivity contribution in [2.45, 2.75) is 45.7 Å². The van der Waals surface area contributed by atoms with Gasteiger partial charge in [0.2, 0.25) is 0 Å². The van der Waals surface area contributed by atoms with E-state index in [1.54, 1.807) is 14.2 Å². The number of rotatable bonds is 9. The Kier molecular flexibility index (Phi) is 6.99. The predicted octanol–water partition coefficient (Wildman–Crippen LogP) is 3.04. The summed E-state index contributed by atoms with van der Waals surface area (Å²) in [5, 5.41) is 0. The van der Waals surface area contributed by atoms with E-state index in [0.717, 1.165) is 49.4 Å². The maximum atomic E-state index is 6.61. The third-order valence-corrected chi connectivity index (χ3v) is 3.74. The van der Waals surface area contributed by atoms with E-state index in [0.29, 0.717) is 0 Å². The highest BCUT2D eigenvalue weighted by molar-refractivity contribution is 5.47. The van der Waals surface area contributed by atoms with Crippen LogP contribution < -0.4 is 15.2 Å². The van der Waals surface area contributed by atoms with Crippen LogP contribution in [-0.2, 0) is 6.42 Å². The molecule has 120 valence electrons. The van der Waals surface area contributed by atoms with Crippen LogP contribution in [0.1, 0.15) is 39.2 Å². The van der Waals surface area contributed by atoms with Crippen LogP contribution in [0.25, 0.3) is 0 Å². The third kappa shape index (κ3) is 4.61. The summed E-state index contributed by atoms with van der Waals surface area (Å²) in [6.45, 7) is 8.48. The molecule has 0 bridgehead atoms. The molecule has 0 aliphatic rings. The summed E-state index contributed by atoms with van der Waals surface area (Å²) in [5.41, 5.74) is 7.30. The van der Waals surface area contributed by atoms with Crippen LogP contribution in [0, 0.1) is 0 Å². The largest absolute Gasteiger partial charge is 0.493 e. The predicted molar refractivity (Wildman–Crippen MR) is 88.0 cm³/mol. The second kappa shape index (κ2) is 8.25. The van der Waals surface area contributed by atoms with Crippen LogP contribution >= 0.6 is 0 Å². The number of ether oxygens (including phenoxy) is 2. The third-order valence-electron chi connectivity index (χ3n) is 3.74. The fourth-order valence-corrected chi connectivity index (χ4v) is 2.75. The second-order valence-corrected chi connectivity index (χ2v) is 5.67. The van der Waals surface area contributed by atoms with Gasteiger partial charge in [0.25, 0.3) is 0 Å². The molecule has 0 saturated heterocycles. The fraction of sp³-hybridized carbons (Fsp3) is 0.647. The summed E-state index contributed by atoms with van der Waals surface area (Å²) < 4.78 is 10.9. The zero-order chi connectivity index (χ0) is 15.9.